The molecule has 0 aliphatic heterocycles. The molecule has 148 valence electrons. The fourth-order valence-corrected chi connectivity index (χ4v) is 4.35. The number of rotatable bonds is 6. The third-order valence-corrected chi connectivity index (χ3v) is 6.06. The molecule has 0 aliphatic carbocycles. The average Bonchev–Trinajstić information content (AvgIpc) is 3.29. The van der Waals surface area contributed by atoms with Crippen LogP contribution in [0, 0.1) is 6.92 Å². The van der Waals surface area contributed by atoms with Crippen LogP contribution in [0.5, 0.6) is 0 Å². The molecule has 0 atom stereocenters. The van der Waals surface area contributed by atoms with Crippen LogP contribution in [0.2, 0.25) is 0 Å². The number of fused-ring (bicyclic) bond motifs is 1. The molecular weight excluding hydrogens is 380 g/mol. The second-order valence-corrected chi connectivity index (χ2v) is 8.33. The Labute approximate surface area is 174 Å². The van der Waals surface area contributed by atoms with Crippen LogP contribution < -0.4 is 10.2 Å². The van der Waals surface area contributed by atoms with Gasteiger partial charge in [0.25, 0.3) is 5.91 Å². The maximum absolute atomic E-state index is 12.7. The molecule has 0 bridgehead atoms. The Balaban J connectivity index is 1.48. The summed E-state index contributed by atoms with van der Waals surface area (Å²) in [6, 6.07) is 20.4. The Morgan fingerprint density at radius 2 is 1.79 bits per heavy atom. The van der Waals surface area contributed by atoms with Crippen LogP contribution in [-0.4, -0.2) is 29.8 Å². The van der Waals surface area contributed by atoms with E-state index in [1.54, 1.807) is 0 Å². The molecule has 2 aromatic heterocycles. The Morgan fingerprint density at radius 1 is 1.07 bits per heavy atom. The monoisotopic (exact) mass is 404 g/mol. The molecule has 29 heavy (non-hydrogen) atoms. The second kappa shape index (κ2) is 8.09. The molecule has 4 aromatic rings. The summed E-state index contributed by atoms with van der Waals surface area (Å²) < 4.78 is 1.99. The zero-order valence-corrected chi connectivity index (χ0v) is 17.7. The lowest BCUT2D eigenvalue weighted by molar-refractivity contribution is 0.0955. The molecule has 1 amide bonds. The van der Waals surface area contributed by atoms with Crippen molar-refractivity contribution < 1.29 is 4.79 Å². The normalized spacial score (nSPS) is 11.0. The van der Waals surface area contributed by atoms with Crippen molar-refractivity contribution in [3.8, 4) is 0 Å². The van der Waals surface area contributed by atoms with Gasteiger partial charge in [-0.05, 0) is 36.2 Å². The van der Waals surface area contributed by atoms with E-state index < -0.39 is 0 Å². The van der Waals surface area contributed by atoms with E-state index in [-0.39, 0.29) is 5.91 Å². The van der Waals surface area contributed by atoms with Crippen LogP contribution in [-0.2, 0) is 13.1 Å². The number of aromatic nitrogens is 2. The maximum atomic E-state index is 12.7. The first-order valence-electron chi connectivity index (χ1n) is 9.56. The number of thiophene rings is 1. The summed E-state index contributed by atoms with van der Waals surface area (Å²) >= 11 is 1.50. The molecule has 2 aromatic carbocycles. The minimum Gasteiger partial charge on any atom is -0.378 e. The van der Waals surface area contributed by atoms with Crippen LogP contribution in [0.4, 0.5) is 5.69 Å². The molecule has 1 N–H and O–H groups in total. The van der Waals surface area contributed by atoms with E-state index in [1.165, 1.54) is 16.9 Å². The Morgan fingerprint density at radius 3 is 2.48 bits per heavy atom. The van der Waals surface area contributed by atoms with E-state index >= 15 is 0 Å². The number of carbonyl (C=O) groups excluding carboxylic acids is 1. The number of carbonyl (C=O) groups is 1. The number of nitrogens with one attached hydrogen (secondary N) is 1. The van der Waals surface area contributed by atoms with E-state index in [9.17, 15) is 4.79 Å². The maximum Gasteiger partial charge on any atom is 0.261 e. The van der Waals surface area contributed by atoms with Crippen LogP contribution in [0.1, 0.15) is 26.5 Å². The first-order chi connectivity index (χ1) is 14.0. The van der Waals surface area contributed by atoms with Gasteiger partial charge in [0, 0.05) is 31.7 Å². The highest BCUT2D eigenvalue weighted by Gasteiger charge is 2.16. The summed E-state index contributed by atoms with van der Waals surface area (Å²) in [6.45, 7) is 3.20. The Bertz CT molecular complexity index is 1130. The average molecular weight is 405 g/mol. The quantitative estimate of drug-likeness (QED) is 0.516. The number of hydrogen-bond acceptors (Lipinski definition) is 4. The molecule has 4 rings (SSSR count). The standard InChI is InChI=1S/C23H24N4OS/c1-16-20-13-21(22(28)24-14-17-9-11-19(12-10-17)26(2)3)29-23(20)27(25-16)15-18-7-5-4-6-8-18/h4-13H,14-15H2,1-3H3,(H,24,28). The first-order valence-corrected chi connectivity index (χ1v) is 10.4. The number of anilines is 1. The van der Waals surface area contributed by atoms with E-state index in [4.69, 9.17) is 0 Å². The van der Waals surface area contributed by atoms with Gasteiger partial charge in [-0.25, -0.2) is 0 Å². The van der Waals surface area contributed by atoms with E-state index in [0.29, 0.717) is 18.0 Å². The third kappa shape index (κ3) is 4.17. The Kier molecular flexibility index (Phi) is 5.36. The third-order valence-electron chi connectivity index (χ3n) is 4.91. The molecule has 0 saturated carbocycles. The van der Waals surface area contributed by atoms with Gasteiger partial charge in [0.1, 0.15) is 4.83 Å². The lowest BCUT2D eigenvalue weighted by Crippen LogP contribution is -2.21. The van der Waals surface area contributed by atoms with Crippen LogP contribution >= 0.6 is 11.3 Å². The van der Waals surface area contributed by atoms with Crippen LogP contribution in [0.3, 0.4) is 0 Å². The highest BCUT2D eigenvalue weighted by molar-refractivity contribution is 7.20. The summed E-state index contributed by atoms with van der Waals surface area (Å²) in [7, 11) is 4.03. The van der Waals surface area contributed by atoms with Crippen molar-refractivity contribution in [2.75, 3.05) is 19.0 Å². The molecule has 0 spiro atoms. The molecule has 0 fully saturated rings. The van der Waals surface area contributed by atoms with Gasteiger partial charge in [-0.1, -0.05) is 42.5 Å². The van der Waals surface area contributed by atoms with Crippen molar-refractivity contribution in [1.29, 1.82) is 0 Å². The zero-order chi connectivity index (χ0) is 20.4. The highest BCUT2D eigenvalue weighted by Crippen LogP contribution is 2.29. The van der Waals surface area contributed by atoms with Gasteiger partial charge in [-0.15, -0.1) is 11.3 Å². The van der Waals surface area contributed by atoms with E-state index in [1.807, 2.05) is 62.1 Å². The SMILES string of the molecule is Cc1nn(Cc2ccccc2)c2sc(C(=O)NCc3ccc(N(C)C)cc3)cc12. The minimum atomic E-state index is -0.0476. The van der Waals surface area contributed by atoms with Gasteiger partial charge in [-0.2, -0.15) is 5.10 Å². The zero-order valence-electron chi connectivity index (χ0n) is 16.8. The van der Waals surface area contributed by atoms with Crippen LogP contribution in [0.25, 0.3) is 10.2 Å². The van der Waals surface area contributed by atoms with Gasteiger partial charge in [0.15, 0.2) is 0 Å². The topological polar surface area (TPSA) is 50.2 Å². The van der Waals surface area contributed by atoms with Crippen molar-refractivity contribution in [3.05, 3.63) is 82.4 Å². The molecule has 6 heteroatoms. The summed E-state index contributed by atoms with van der Waals surface area (Å²) in [5.74, 6) is -0.0476. The van der Waals surface area contributed by atoms with Crippen molar-refractivity contribution in [2.45, 2.75) is 20.0 Å². The fraction of sp³-hybridized carbons (Fsp3) is 0.217. The molecule has 0 unspecified atom stereocenters. The number of aryl methyl sites for hydroxylation is 1. The highest BCUT2D eigenvalue weighted by atomic mass is 32.1. The first kappa shape index (κ1) is 19.2. The van der Waals surface area contributed by atoms with E-state index in [2.05, 4.69) is 39.6 Å². The number of amides is 1. The molecule has 0 aliphatic rings. The lowest BCUT2D eigenvalue weighted by Gasteiger charge is -2.12. The molecule has 0 saturated heterocycles. The van der Waals surface area contributed by atoms with Crippen molar-refractivity contribution in [3.63, 3.8) is 0 Å². The number of benzene rings is 2. The van der Waals surface area contributed by atoms with Crippen LogP contribution in [0.15, 0.2) is 60.7 Å². The number of nitrogens with zero attached hydrogens (tertiary/aromatic N) is 3. The van der Waals surface area contributed by atoms with E-state index in [0.717, 1.165) is 27.2 Å². The van der Waals surface area contributed by atoms with Gasteiger partial charge in [0.05, 0.1) is 17.1 Å². The summed E-state index contributed by atoms with van der Waals surface area (Å²) in [5.41, 5.74) is 4.36. The summed E-state index contributed by atoms with van der Waals surface area (Å²) in [4.78, 5) is 16.5. The Hall–Kier alpha value is -3.12. The molecule has 2 heterocycles. The smallest absolute Gasteiger partial charge is 0.261 e. The molecule has 5 nitrogen and oxygen atoms in total. The predicted octanol–water partition coefficient (Wildman–Crippen LogP) is 4.45. The van der Waals surface area contributed by atoms with Gasteiger partial charge in [-0.3, -0.25) is 9.48 Å². The predicted molar refractivity (Wildman–Crippen MR) is 120 cm³/mol. The second-order valence-electron chi connectivity index (χ2n) is 7.30. The van der Waals surface area contributed by atoms with Crippen molar-refractivity contribution in [2.24, 2.45) is 0 Å². The van der Waals surface area contributed by atoms with Crippen molar-refractivity contribution in [1.82, 2.24) is 15.1 Å². The summed E-state index contributed by atoms with van der Waals surface area (Å²) in [6.07, 6.45) is 0. The molecule has 0 radical (unpaired) electrons. The van der Waals surface area contributed by atoms with Gasteiger partial charge < -0.3 is 10.2 Å². The number of hydrogen-bond donors (Lipinski definition) is 1. The minimum absolute atomic E-state index is 0.0476. The fourth-order valence-electron chi connectivity index (χ4n) is 3.27. The largest absolute Gasteiger partial charge is 0.378 e. The van der Waals surface area contributed by atoms with Gasteiger partial charge >= 0.3 is 0 Å². The van der Waals surface area contributed by atoms with Gasteiger partial charge in [0.2, 0.25) is 0 Å². The lowest BCUT2D eigenvalue weighted by atomic mass is 10.2. The summed E-state index contributed by atoms with van der Waals surface area (Å²) in [5, 5.41) is 8.73. The molecular formula is C23H24N4OS. The van der Waals surface area contributed by atoms with Crippen molar-refractivity contribution >= 4 is 33.1 Å².